The van der Waals surface area contributed by atoms with Crippen LogP contribution < -0.4 is 10.1 Å². The minimum absolute atomic E-state index is 0.261. The van der Waals surface area contributed by atoms with Crippen LogP contribution in [0.2, 0.25) is 5.02 Å². The third-order valence-corrected chi connectivity index (χ3v) is 4.33. The Morgan fingerprint density at radius 1 is 1.04 bits per heavy atom. The van der Waals surface area contributed by atoms with Gasteiger partial charge in [-0.05, 0) is 47.5 Å². The van der Waals surface area contributed by atoms with Crippen LogP contribution in [0.15, 0.2) is 54.6 Å². The van der Waals surface area contributed by atoms with Gasteiger partial charge in [-0.2, -0.15) is 0 Å². The van der Waals surface area contributed by atoms with E-state index in [4.69, 9.17) is 21.1 Å². The number of fused-ring (bicyclic) bond motifs is 1. The molecule has 1 amide bonds. The first-order chi connectivity index (χ1) is 13.0. The molecule has 27 heavy (non-hydrogen) atoms. The number of amides is 1. The van der Waals surface area contributed by atoms with E-state index in [0.717, 1.165) is 16.3 Å². The molecule has 0 saturated heterocycles. The van der Waals surface area contributed by atoms with Crippen molar-refractivity contribution in [3.63, 3.8) is 0 Å². The fourth-order valence-corrected chi connectivity index (χ4v) is 2.95. The Bertz CT molecular complexity index is 1020. The van der Waals surface area contributed by atoms with Gasteiger partial charge in [0.05, 0.1) is 17.8 Å². The third-order valence-electron chi connectivity index (χ3n) is 4.02. The summed E-state index contributed by atoms with van der Waals surface area (Å²) in [6.07, 6.45) is 0. The highest BCUT2D eigenvalue weighted by Gasteiger charge is 2.17. The lowest BCUT2D eigenvalue weighted by atomic mass is 10.1. The number of benzene rings is 3. The molecule has 0 aromatic heterocycles. The van der Waals surface area contributed by atoms with E-state index in [1.165, 1.54) is 7.11 Å². The summed E-state index contributed by atoms with van der Waals surface area (Å²) in [5.41, 5.74) is 1.71. The summed E-state index contributed by atoms with van der Waals surface area (Å²) in [6, 6.07) is 16.3. The highest BCUT2D eigenvalue weighted by molar-refractivity contribution is 6.33. The topological polar surface area (TPSA) is 64.6 Å². The maximum Gasteiger partial charge on any atom is 0.342 e. The van der Waals surface area contributed by atoms with Gasteiger partial charge in [0.25, 0.3) is 5.91 Å². The number of halogens is 1. The highest BCUT2D eigenvalue weighted by Crippen LogP contribution is 2.27. The number of rotatable bonds is 5. The van der Waals surface area contributed by atoms with Crippen molar-refractivity contribution in [3.05, 3.63) is 70.7 Å². The van der Waals surface area contributed by atoms with Gasteiger partial charge in [-0.15, -0.1) is 0 Å². The van der Waals surface area contributed by atoms with Crippen molar-refractivity contribution in [2.75, 3.05) is 19.0 Å². The van der Waals surface area contributed by atoms with Crippen LogP contribution in [-0.2, 0) is 9.53 Å². The predicted molar refractivity (Wildman–Crippen MR) is 106 cm³/mol. The molecular formula is C21H18ClNO4. The average Bonchev–Trinajstić information content (AvgIpc) is 2.67. The van der Waals surface area contributed by atoms with Crippen LogP contribution in [0, 0.1) is 6.92 Å². The SMILES string of the molecule is COc1cc2ccccc2cc1C(=O)OCC(=O)Nc1ccc(C)cc1Cl. The van der Waals surface area contributed by atoms with Crippen molar-refractivity contribution < 1.29 is 19.1 Å². The molecule has 0 aliphatic heterocycles. The minimum atomic E-state index is -0.636. The largest absolute Gasteiger partial charge is 0.496 e. The smallest absolute Gasteiger partial charge is 0.342 e. The number of carbonyl (C=O) groups is 2. The number of nitrogens with one attached hydrogen (secondary N) is 1. The molecule has 5 nitrogen and oxygen atoms in total. The van der Waals surface area contributed by atoms with Crippen molar-refractivity contribution in [3.8, 4) is 5.75 Å². The van der Waals surface area contributed by atoms with E-state index in [1.54, 1.807) is 24.3 Å². The number of carbonyl (C=O) groups excluding carboxylic acids is 2. The number of methoxy groups -OCH3 is 1. The van der Waals surface area contributed by atoms with Crippen molar-refractivity contribution in [2.24, 2.45) is 0 Å². The second-order valence-corrected chi connectivity index (χ2v) is 6.41. The number of hydrogen-bond acceptors (Lipinski definition) is 4. The van der Waals surface area contributed by atoms with E-state index in [-0.39, 0.29) is 5.56 Å². The molecule has 1 N–H and O–H groups in total. The fourth-order valence-electron chi connectivity index (χ4n) is 2.66. The molecule has 0 saturated carbocycles. The van der Waals surface area contributed by atoms with Gasteiger partial charge >= 0.3 is 5.97 Å². The molecule has 0 fully saturated rings. The van der Waals surface area contributed by atoms with E-state index >= 15 is 0 Å². The summed E-state index contributed by atoms with van der Waals surface area (Å²) < 4.78 is 10.4. The van der Waals surface area contributed by atoms with Crippen LogP contribution in [0.25, 0.3) is 10.8 Å². The second kappa shape index (κ2) is 8.10. The summed E-state index contributed by atoms with van der Waals surface area (Å²) in [6.45, 7) is 1.47. The van der Waals surface area contributed by atoms with Crippen LogP contribution in [0.5, 0.6) is 5.75 Å². The fraction of sp³-hybridized carbons (Fsp3) is 0.143. The molecule has 138 valence electrons. The Morgan fingerprint density at radius 3 is 2.41 bits per heavy atom. The molecule has 3 rings (SSSR count). The summed E-state index contributed by atoms with van der Waals surface area (Å²) in [5.74, 6) is -0.725. The van der Waals surface area contributed by atoms with Crippen molar-refractivity contribution >= 4 is 39.9 Å². The Morgan fingerprint density at radius 2 is 1.74 bits per heavy atom. The number of hydrogen-bond donors (Lipinski definition) is 1. The zero-order valence-electron chi connectivity index (χ0n) is 14.9. The quantitative estimate of drug-likeness (QED) is 0.653. The first-order valence-electron chi connectivity index (χ1n) is 8.28. The van der Waals surface area contributed by atoms with Gasteiger partial charge in [0.15, 0.2) is 6.61 Å². The average molecular weight is 384 g/mol. The molecule has 0 heterocycles. The molecule has 0 atom stereocenters. The monoisotopic (exact) mass is 383 g/mol. The third kappa shape index (κ3) is 4.38. The van der Waals surface area contributed by atoms with Crippen molar-refractivity contribution in [2.45, 2.75) is 6.92 Å². The van der Waals surface area contributed by atoms with E-state index < -0.39 is 18.5 Å². The normalized spacial score (nSPS) is 10.5. The summed E-state index contributed by atoms with van der Waals surface area (Å²) in [5, 5.41) is 4.86. The van der Waals surface area contributed by atoms with Crippen LogP contribution in [-0.4, -0.2) is 25.6 Å². The lowest BCUT2D eigenvalue weighted by Gasteiger charge is -2.11. The van der Waals surface area contributed by atoms with E-state index in [0.29, 0.717) is 16.5 Å². The Kier molecular flexibility index (Phi) is 5.62. The van der Waals surface area contributed by atoms with E-state index in [2.05, 4.69) is 5.32 Å². The zero-order valence-corrected chi connectivity index (χ0v) is 15.7. The van der Waals surface area contributed by atoms with E-state index in [1.807, 2.05) is 37.3 Å². The van der Waals surface area contributed by atoms with Gasteiger partial charge in [0.2, 0.25) is 0 Å². The molecule has 3 aromatic rings. The number of aryl methyl sites for hydroxylation is 1. The first kappa shape index (κ1) is 18.7. The maximum atomic E-state index is 12.4. The minimum Gasteiger partial charge on any atom is -0.496 e. The van der Waals surface area contributed by atoms with E-state index in [9.17, 15) is 9.59 Å². The van der Waals surface area contributed by atoms with Gasteiger partial charge in [-0.25, -0.2) is 4.79 Å². The van der Waals surface area contributed by atoms with Gasteiger partial charge in [0, 0.05) is 0 Å². The predicted octanol–water partition coefficient (Wildman–Crippen LogP) is 4.61. The van der Waals surface area contributed by atoms with Gasteiger partial charge in [0.1, 0.15) is 11.3 Å². The molecule has 6 heteroatoms. The molecule has 0 aliphatic carbocycles. The van der Waals surface area contributed by atoms with Crippen LogP contribution in [0.3, 0.4) is 0 Å². The summed E-state index contributed by atoms with van der Waals surface area (Å²) >= 11 is 6.09. The molecule has 0 radical (unpaired) electrons. The Labute approximate surface area is 161 Å². The van der Waals surface area contributed by atoms with Gasteiger partial charge in [-0.3, -0.25) is 4.79 Å². The number of ether oxygens (including phenoxy) is 2. The van der Waals surface area contributed by atoms with Gasteiger partial charge in [-0.1, -0.05) is 41.9 Å². The Hall–Kier alpha value is -3.05. The molecule has 0 aliphatic rings. The summed E-state index contributed by atoms with van der Waals surface area (Å²) in [7, 11) is 1.48. The lowest BCUT2D eigenvalue weighted by Crippen LogP contribution is -2.21. The maximum absolute atomic E-state index is 12.4. The van der Waals surface area contributed by atoms with Crippen LogP contribution in [0.1, 0.15) is 15.9 Å². The van der Waals surface area contributed by atoms with Crippen LogP contribution in [0.4, 0.5) is 5.69 Å². The zero-order chi connectivity index (χ0) is 19.4. The summed E-state index contributed by atoms with van der Waals surface area (Å²) in [4.78, 5) is 24.5. The van der Waals surface area contributed by atoms with Crippen molar-refractivity contribution in [1.29, 1.82) is 0 Å². The van der Waals surface area contributed by atoms with Crippen molar-refractivity contribution in [1.82, 2.24) is 0 Å². The molecule has 0 spiro atoms. The number of anilines is 1. The first-order valence-corrected chi connectivity index (χ1v) is 8.65. The standard InChI is InChI=1S/C21H18ClNO4/c1-13-7-8-18(17(22)9-13)23-20(24)12-27-21(25)16-10-14-5-3-4-6-15(14)11-19(16)26-2/h3-11H,12H2,1-2H3,(H,23,24). The van der Waals surface area contributed by atoms with Crippen LogP contribution >= 0.6 is 11.6 Å². The molecule has 0 bridgehead atoms. The number of esters is 1. The highest BCUT2D eigenvalue weighted by atomic mass is 35.5. The molecular weight excluding hydrogens is 366 g/mol. The van der Waals surface area contributed by atoms with Gasteiger partial charge < -0.3 is 14.8 Å². The lowest BCUT2D eigenvalue weighted by molar-refractivity contribution is -0.119. The Balaban J connectivity index is 1.70. The second-order valence-electron chi connectivity index (χ2n) is 6.01. The molecule has 3 aromatic carbocycles. The molecule has 0 unspecified atom stereocenters.